The van der Waals surface area contributed by atoms with Gasteiger partial charge in [-0.1, -0.05) is 59.8 Å². The molecule has 2 heterocycles. The van der Waals surface area contributed by atoms with Crippen molar-refractivity contribution >= 4 is 27.5 Å². The Morgan fingerprint density at radius 1 is 1.11 bits per heavy atom. The summed E-state index contributed by atoms with van der Waals surface area (Å²) in [5, 5.41) is 0.574. The van der Waals surface area contributed by atoms with Crippen molar-refractivity contribution in [1.82, 2.24) is 9.97 Å². The van der Waals surface area contributed by atoms with Gasteiger partial charge in [0.25, 0.3) is 10.0 Å². The molecule has 0 bridgehead atoms. The zero-order valence-electron chi connectivity index (χ0n) is 15.1. The lowest BCUT2D eigenvalue weighted by Gasteiger charge is -2.30. The van der Waals surface area contributed by atoms with Crippen LogP contribution < -0.4 is 4.31 Å². The zero-order chi connectivity index (χ0) is 19.0. The number of thioether (sulfide) groups is 1. The molecule has 0 radical (unpaired) electrons. The molecule has 2 aromatic carbocycles. The van der Waals surface area contributed by atoms with E-state index in [2.05, 4.69) is 35.1 Å². The van der Waals surface area contributed by atoms with Crippen LogP contribution in [0.15, 0.2) is 64.8 Å². The molecule has 0 saturated carbocycles. The SMILES string of the molecule is CCN1c2ccccc2-c2nc(SCc3cccc(C)c3)ncc2S1(=O)=O. The van der Waals surface area contributed by atoms with Gasteiger partial charge < -0.3 is 0 Å². The number of hydrogen-bond acceptors (Lipinski definition) is 5. The Morgan fingerprint density at radius 2 is 1.93 bits per heavy atom. The Bertz CT molecular complexity index is 1110. The van der Waals surface area contributed by atoms with Crippen molar-refractivity contribution in [3.63, 3.8) is 0 Å². The molecular weight excluding hydrogens is 378 g/mol. The van der Waals surface area contributed by atoms with Gasteiger partial charge in [0.15, 0.2) is 5.16 Å². The summed E-state index contributed by atoms with van der Waals surface area (Å²) >= 11 is 1.51. The van der Waals surface area contributed by atoms with Gasteiger partial charge in [-0.15, -0.1) is 0 Å². The first-order valence-electron chi connectivity index (χ1n) is 8.68. The number of hydrogen-bond donors (Lipinski definition) is 0. The monoisotopic (exact) mass is 397 g/mol. The minimum Gasteiger partial charge on any atom is -0.266 e. The average Bonchev–Trinajstić information content (AvgIpc) is 2.66. The van der Waals surface area contributed by atoms with Crippen LogP contribution in [0.5, 0.6) is 0 Å². The summed E-state index contributed by atoms with van der Waals surface area (Å²) in [5.74, 6) is 0.732. The van der Waals surface area contributed by atoms with Gasteiger partial charge in [0, 0.05) is 17.9 Å². The van der Waals surface area contributed by atoms with Crippen molar-refractivity contribution in [3.8, 4) is 11.3 Å². The first kappa shape index (κ1) is 18.0. The van der Waals surface area contributed by atoms with Crippen molar-refractivity contribution in [3.05, 3.63) is 65.9 Å². The third kappa shape index (κ3) is 3.21. The lowest BCUT2D eigenvalue weighted by molar-refractivity contribution is 0.589. The van der Waals surface area contributed by atoms with Crippen LogP contribution in [0.3, 0.4) is 0 Å². The van der Waals surface area contributed by atoms with E-state index in [1.807, 2.05) is 37.3 Å². The van der Waals surface area contributed by atoms with Gasteiger partial charge in [0.05, 0.1) is 17.6 Å². The zero-order valence-corrected chi connectivity index (χ0v) is 16.7. The lowest BCUT2D eigenvalue weighted by Crippen LogP contribution is -2.34. The molecule has 0 spiro atoms. The largest absolute Gasteiger partial charge is 0.268 e. The van der Waals surface area contributed by atoms with E-state index in [9.17, 15) is 8.42 Å². The lowest BCUT2D eigenvalue weighted by atomic mass is 10.1. The molecule has 1 aliphatic heterocycles. The third-order valence-corrected chi connectivity index (χ3v) is 7.29. The molecule has 4 rings (SSSR count). The van der Waals surface area contributed by atoms with Crippen LogP contribution in [0.25, 0.3) is 11.3 Å². The quantitative estimate of drug-likeness (QED) is 0.486. The molecule has 7 heteroatoms. The van der Waals surface area contributed by atoms with Crippen LogP contribution in [-0.2, 0) is 15.8 Å². The molecule has 0 unspecified atom stereocenters. The number of benzene rings is 2. The molecule has 27 heavy (non-hydrogen) atoms. The predicted octanol–water partition coefficient (Wildman–Crippen LogP) is 4.27. The number of anilines is 1. The van der Waals surface area contributed by atoms with Crippen molar-refractivity contribution in [2.75, 3.05) is 10.8 Å². The van der Waals surface area contributed by atoms with Gasteiger partial charge in [0.2, 0.25) is 0 Å². The molecule has 3 aromatic rings. The van der Waals surface area contributed by atoms with E-state index < -0.39 is 10.0 Å². The van der Waals surface area contributed by atoms with Gasteiger partial charge >= 0.3 is 0 Å². The molecule has 0 aliphatic carbocycles. The van der Waals surface area contributed by atoms with E-state index in [4.69, 9.17) is 0 Å². The van der Waals surface area contributed by atoms with E-state index >= 15 is 0 Å². The second-order valence-corrected chi connectivity index (χ2v) is 9.10. The van der Waals surface area contributed by atoms with Gasteiger partial charge in [-0.3, -0.25) is 4.31 Å². The fourth-order valence-electron chi connectivity index (χ4n) is 3.24. The van der Waals surface area contributed by atoms with Crippen molar-refractivity contribution in [2.45, 2.75) is 29.7 Å². The Labute approximate surface area is 163 Å². The minimum atomic E-state index is -3.64. The van der Waals surface area contributed by atoms with Crippen LogP contribution in [-0.4, -0.2) is 24.9 Å². The van der Waals surface area contributed by atoms with Crippen molar-refractivity contribution in [2.24, 2.45) is 0 Å². The average molecular weight is 398 g/mol. The van der Waals surface area contributed by atoms with E-state index in [0.717, 1.165) is 11.3 Å². The summed E-state index contributed by atoms with van der Waals surface area (Å²) in [4.78, 5) is 9.08. The summed E-state index contributed by atoms with van der Waals surface area (Å²) in [7, 11) is -3.64. The van der Waals surface area contributed by atoms with E-state index in [1.54, 1.807) is 0 Å². The molecule has 5 nitrogen and oxygen atoms in total. The Hall–Kier alpha value is -2.38. The second kappa shape index (κ2) is 6.98. The normalized spacial score (nSPS) is 14.5. The fourth-order valence-corrected chi connectivity index (χ4v) is 5.58. The molecule has 0 saturated heterocycles. The number of aromatic nitrogens is 2. The predicted molar refractivity (Wildman–Crippen MR) is 108 cm³/mol. The maximum atomic E-state index is 13.0. The number of nitrogens with zero attached hydrogens (tertiary/aromatic N) is 3. The van der Waals surface area contributed by atoms with Crippen LogP contribution in [0.2, 0.25) is 0 Å². The summed E-state index contributed by atoms with van der Waals surface area (Å²) in [6, 6.07) is 15.8. The highest BCUT2D eigenvalue weighted by molar-refractivity contribution is 7.98. The minimum absolute atomic E-state index is 0.169. The summed E-state index contributed by atoms with van der Waals surface area (Å²) in [5.41, 5.74) is 4.37. The number of rotatable bonds is 4. The molecule has 0 amide bonds. The highest BCUT2D eigenvalue weighted by Gasteiger charge is 2.35. The maximum absolute atomic E-state index is 13.0. The molecule has 0 N–H and O–H groups in total. The first-order chi connectivity index (χ1) is 13.0. The highest BCUT2D eigenvalue weighted by Crippen LogP contribution is 2.41. The molecule has 138 valence electrons. The number of fused-ring (bicyclic) bond motifs is 3. The van der Waals surface area contributed by atoms with Gasteiger partial charge in [0.1, 0.15) is 4.90 Å². The standard InChI is InChI=1S/C20H19N3O2S2/c1-3-23-17-10-5-4-9-16(17)19-18(27(23,24)25)12-21-20(22-19)26-13-15-8-6-7-14(2)11-15/h4-12H,3,13H2,1-2H3. The van der Waals surface area contributed by atoms with E-state index in [1.165, 1.54) is 33.4 Å². The summed E-state index contributed by atoms with van der Waals surface area (Å²) in [6.45, 7) is 4.25. The summed E-state index contributed by atoms with van der Waals surface area (Å²) in [6.07, 6.45) is 1.44. The molecule has 0 atom stereocenters. The molecular formula is C20H19N3O2S2. The topological polar surface area (TPSA) is 63.2 Å². The number of aryl methyl sites for hydroxylation is 1. The molecule has 0 fully saturated rings. The van der Waals surface area contributed by atoms with Crippen LogP contribution >= 0.6 is 11.8 Å². The summed E-state index contributed by atoms with van der Waals surface area (Å²) < 4.78 is 27.3. The fraction of sp³-hybridized carbons (Fsp3) is 0.200. The van der Waals surface area contributed by atoms with Crippen molar-refractivity contribution < 1.29 is 8.42 Å². The second-order valence-electron chi connectivity index (χ2n) is 6.33. The Morgan fingerprint density at radius 3 is 2.70 bits per heavy atom. The number of para-hydroxylation sites is 1. The molecule has 1 aromatic heterocycles. The smallest absolute Gasteiger partial charge is 0.266 e. The first-order valence-corrected chi connectivity index (χ1v) is 11.1. The Kier molecular flexibility index (Phi) is 4.65. The van der Waals surface area contributed by atoms with Crippen LogP contribution in [0.1, 0.15) is 18.1 Å². The third-order valence-electron chi connectivity index (χ3n) is 4.47. The molecule has 1 aliphatic rings. The Balaban J connectivity index is 1.73. The van der Waals surface area contributed by atoms with Gasteiger partial charge in [-0.25, -0.2) is 18.4 Å². The highest BCUT2D eigenvalue weighted by atomic mass is 32.2. The van der Waals surface area contributed by atoms with Crippen LogP contribution in [0, 0.1) is 6.92 Å². The number of sulfonamides is 1. The van der Waals surface area contributed by atoms with Gasteiger partial charge in [-0.2, -0.15) is 0 Å². The van der Waals surface area contributed by atoms with E-state index in [-0.39, 0.29) is 4.90 Å². The van der Waals surface area contributed by atoms with Crippen LogP contribution in [0.4, 0.5) is 5.69 Å². The van der Waals surface area contributed by atoms with Gasteiger partial charge in [-0.05, 0) is 25.5 Å². The van der Waals surface area contributed by atoms with E-state index in [0.29, 0.717) is 23.1 Å². The van der Waals surface area contributed by atoms with Crippen molar-refractivity contribution in [1.29, 1.82) is 0 Å². The maximum Gasteiger partial charge on any atom is 0.268 e.